The molecule has 16 heavy (non-hydrogen) atoms. The summed E-state index contributed by atoms with van der Waals surface area (Å²) < 4.78 is 6.68. The van der Waals surface area contributed by atoms with Gasteiger partial charge in [0.25, 0.3) is 0 Å². The van der Waals surface area contributed by atoms with Crippen molar-refractivity contribution in [1.82, 2.24) is 9.78 Å². The average Bonchev–Trinajstić information content (AvgIpc) is 2.61. The molecule has 0 saturated carbocycles. The van der Waals surface area contributed by atoms with Gasteiger partial charge in [-0.3, -0.25) is 0 Å². The molecule has 4 nitrogen and oxygen atoms in total. The molecule has 0 spiro atoms. The number of anilines is 1. The predicted molar refractivity (Wildman–Crippen MR) is 69.3 cm³/mol. The Hall–Kier alpha value is -1.97. The van der Waals surface area contributed by atoms with Crippen LogP contribution >= 0.6 is 0 Å². The van der Waals surface area contributed by atoms with Crippen LogP contribution in [0.25, 0.3) is 5.70 Å². The first kappa shape index (κ1) is 14.0. The summed E-state index contributed by atoms with van der Waals surface area (Å²) in [5.74, 6) is 1.12. The first-order valence-electron chi connectivity index (χ1n) is 4.83. The number of hydrogen-bond acceptors (Lipinski definition) is 3. The van der Waals surface area contributed by atoms with Crippen molar-refractivity contribution >= 4 is 11.5 Å². The molecule has 0 bridgehead atoms. The molecular weight excluding hydrogens is 202 g/mol. The Balaban J connectivity index is 0.00000106. The van der Waals surface area contributed by atoms with E-state index in [4.69, 9.17) is 10.5 Å². The molecule has 0 aliphatic rings. The van der Waals surface area contributed by atoms with Gasteiger partial charge in [0, 0.05) is 0 Å². The van der Waals surface area contributed by atoms with Crippen LogP contribution in [0.1, 0.15) is 12.5 Å². The van der Waals surface area contributed by atoms with Gasteiger partial charge >= 0.3 is 0 Å². The van der Waals surface area contributed by atoms with E-state index in [1.165, 1.54) is 0 Å². The van der Waals surface area contributed by atoms with Gasteiger partial charge < -0.3 is 10.5 Å². The van der Waals surface area contributed by atoms with Gasteiger partial charge in [-0.1, -0.05) is 12.7 Å². The van der Waals surface area contributed by atoms with Gasteiger partial charge in [-0.05, 0) is 19.9 Å². The number of allylic oxidation sites excluding steroid dienone is 3. The summed E-state index contributed by atoms with van der Waals surface area (Å²) in [7, 11) is 1.57. The molecule has 88 valence electrons. The Kier molecular flexibility index (Phi) is 5.70. The maximum atomic E-state index is 5.86. The number of nitrogen functional groups attached to an aromatic ring is 1. The van der Waals surface area contributed by atoms with Crippen molar-refractivity contribution in [2.75, 3.05) is 12.8 Å². The van der Waals surface area contributed by atoms with Gasteiger partial charge in [0.05, 0.1) is 18.4 Å². The Labute approximate surface area is 96.7 Å². The highest BCUT2D eigenvalue weighted by molar-refractivity contribution is 5.63. The smallest absolute Gasteiger partial charge is 0.238 e. The molecule has 1 aromatic heterocycles. The van der Waals surface area contributed by atoms with Crippen molar-refractivity contribution in [3.63, 3.8) is 0 Å². The SMILES string of the molecule is C=C.C=C/C(=C\C)n1nc(OC)c(C)c1N. The molecule has 0 amide bonds. The van der Waals surface area contributed by atoms with Gasteiger partial charge in [0.2, 0.25) is 5.88 Å². The normalized spacial score (nSPS) is 10.3. The van der Waals surface area contributed by atoms with Crippen LogP contribution in [0.2, 0.25) is 0 Å². The summed E-state index contributed by atoms with van der Waals surface area (Å²) in [5, 5.41) is 4.20. The monoisotopic (exact) mass is 221 g/mol. The van der Waals surface area contributed by atoms with Crippen molar-refractivity contribution in [2.45, 2.75) is 13.8 Å². The highest BCUT2D eigenvalue weighted by atomic mass is 16.5. The number of rotatable bonds is 3. The van der Waals surface area contributed by atoms with Crippen molar-refractivity contribution in [1.29, 1.82) is 0 Å². The lowest BCUT2D eigenvalue weighted by atomic mass is 10.3. The van der Waals surface area contributed by atoms with E-state index >= 15 is 0 Å². The molecule has 0 saturated heterocycles. The van der Waals surface area contributed by atoms with E-state index in [0.29, 0.717) is 11.7 Å². The Bertz CT molecular complexity index is 391. The number of nitrogens with zero attached hydrogens (tertiary/aromatic N) is 2. The molecule has 4 heteroatoms. The van der Waals surface area contributed by atoms with Crippen LogP contribution in [0.5, 0.6) is 5.88 Å². The Morgan fingerprint density at radius 3 is 2.38 bits per heavy atom. The molecule has 1 heterocycles. The van der Waals surface area contributed by atoms with E-state index in [-0.39, 0.29) is 0 Å². The van der Waals surface area contributed by atoms with Gasteiger partial charge in [-0.15, -0.1) is 18.3 Å². The lowest BCUT2D eigenvalue weighted by Crippen LogP contribution is -2.02. The largest absolute Gasteiger partial charge is 0.480 e. The van der Waals surface area contributed by atoms with E-state index in [1.807, 2.05) is 19.9 Å². The molecule has 0 aliphatic heterocycles. The number of nitrogens with two attached hydrogens (primary N) is 1. The van der Waals surface area contributed by atoms with Gasteiger partial charge in [-0.2, -0.15) is 0 Å². The molecule has 0 fully saturated rings. The minimum atomic E-state index is 0.545. The Morgan fingerprint density at radius 2 is 2.06 bits per heavy atom. The van der Waals surface area contributed by atoms with Crippen LogP contribution in [0.3, 0.4) is 0 Å². The molecule has 0 atom stereocenters. The fraction of sp³-hybridized carbons (Fsp3) is 0.250. The topological polar surface area (TPSA) is 53.1 Å². The summed E-state index contributed by atoms with van der Waals surface area (Å²) in [6.07, 6.45) is 3.58. The number of hydrogen-bond donors (Lipinski definition) is 1. The molecule has 0 radical (unpaired) electrons. The highest BCUT2D eigenvalue weighted by Gasteiger charge is 2.12. The fourth-order valence-electron chi connectivity index (χ4n) is 1.21. The second-order valence-corrected chi connectivity index (χ2v) is 2.85. The summed E-state index contributed by atoms with van der Waals surface area (Å²) in [6, 6.07) is 0. The average molecular weight is 221 g/mol. The number of ether oxygens (including phenoxy) is 1. The zero-order valence-corrected chi connectivity index (χ0v) is 10.2. The van der Waals surface area contributed by atoms with E-state index in [2.05, 4.69) is 24.8 Å². The molecule has 1 aromatic rings. The van der Waals surface area contributed by atoms with E-state index in [1.54, 1.807) is 17.9 Å². The summed E-state index contributed by atoms with van der Waals surface area (Å²) in [4.78, 5) is 0. The zero-order chi connectivity index (χ0) is 12.7. The van der Waals surface area contributed by atoms with Crippen molar-refractivity contribution in [2.24, 2.45) is 0 Å². The number of aromatic nitrogens is 2. The second-order valence-electron chi connectivity index (χ2n) is 2.85. The maximum absolute atomic E-state index is 5.86. The fourth-order valence-corrected chi connectivity index (χ4v) is 1.21. The van der Waals surface area contributed by atoms with Crippen LogP contribution in [0, 0.1) is 6.92 Å². The second kappa shape index (κ2) is 6.50. The van der Waals surface area contributed by atoms with Crippen molar-refractivity contribution < 1.29 is 4.74 Å². The molecular formula is C12H19N3O. The first-order valence-corrected chi connectivity index (χ1v) is 4.83. The predicted octanol–water partition coefficient (Wildman–Crippen LogP) is 2.63. The lowest BCUT2D eigenvalue weighted by molar-refractivity contribution is 0.392. The number of methoxy groups -OCH3 is 1. The molecule has 0 unspecified atom stereocenters. The Morgan fingerprint density at radius 1 is 1.50 bits per heavy atom. The minimum Gasteiger partial charge on any atom is -0.480 e. The van der Waals surface area contributed by atoms with E-state index in [0.717, 1.165) is 11.3 Å². The van der Waals surface area contributed by atoms with Crippen LogP contribution < -0.4 is 10.5 Å². The van der Waals surface area contributed by atoms with Crippen molar-refractivity contribution in [3.05, 3.63) is 37.5 Å². The summed E-state index contributed by atoms with van der Waals surface area (Å²) in [6.45, 7) is 13.5. The standard InChI is InChI=1S/C10H15N3O.C2H4/c1-5-8(6-2)13-9(11)7(3)10(12-13)14-4;1-2/h5-6H,1,11H2,2-4H3;1-2H2/b8-6+;. The maximum Gasteiger partial charge on any atom is 0.238 e. The first-order chi connectivity index (χ1) is 7.65. The van der Waals surface area contributed by atoms with Crippen molar-refractivity contribution in [3.8, 4) is 5.88 Å². The summed E-state index contributed by atoms with van der Waals surface area (Å²) >= 11 is 0. The van der Waals surface area contributed by atoms with Crippen LogP contribution in [-0.2, 0) is 0 Å². The third-order valence-corrected chi connectivity index (χ3v) is 2.07. The van der Waals surface area contributed by atoms with Gasteiger partial charge in [0.15, 0.2) is 0 Å². The third-order valence-electron chi connectivity index (χ3n) is 2.07. The minimum absolute atomic E-state index is 0.545. The van der Waals surface area contributed by atoms with Gasteiger partial charge in [0.1, 0.15) is 5.82 Å². The van der Waals surface area contributed by atoms with Crippen LogP contribution in [0.15, 0.2) is 31.9 Å². The van der Waals surface area contributed by atoms with Crippen LogP contribution in [0.4, 0.5) is 5.82 Å². The summed E-state index contributed by atoms with van der Waals surface area (Å²) in [5.41, 5.74) is 7.55. The quantitative estimate of drug-likeness (QED) is 0.630. The zero-order valence-electron chi connectivity index (χ0n) is 10.2. The molecule has 2 N–H and O–H groups in total. The van der Waals surface area contributed by atoms with E-state index in [9.17, 15) is 0 Å². The highest BCUT2D eigenvalue weighted by Crippen LogP contribution is 2.24. The molecule has 0 aromatic carbocycles. The van der Waals surface area contributed by atoms with Crippen LogP contribution in [-0.4, -0.2) is 16.9 Å². The third kappa shape index (κ3) is 2.53. The lowest BCUT2D eigenvalue weighted by Gasteiger charge is -2.02. The molecule has 1 rings (SSSR count). The molecule has 0 aliphatic carbocycles. The van der Waals surface area contributed by atoms with Gasteiger partial charge in [-0.25, -0.2) is 4.68 Å². The van der Waals surface area contributed by atoms with E-state index < -0.39 is 0 Å².